The van der Waals surface area contributed by atoms with Gasteiger partial charge in [-0.3, -0.25) is 9.69 Å². The van der Waals surface area contributed by atoms with Crippen LogP contribution in [0, 0.1) is 0 Å². The zero-order valence-corrected chi connectivity index (χ0v) is 12.1. The molecule has 3 amide bonds. The van der Waals surface area contributed by atoms with Crippen LogP contribution in [0.2, 0.25) is 0 Å². The average molecular weight is 282 g/mol. The Morgan fingerprint density at radius 1 is 1.11 bits per heavy atom. The maximum absolute atomic E-state index is 12.5. The summed E-state index contributed by atoms with van der Waals surface area (Å²) < 4.78 is 0. The molecule has 106 valence electrons. The molecule has 0 bridgehead atoms. The lowest BCUT2D eigenvalue weighted by molar-refractivity contribution is -0.131. The molecular weight excluding hydrogens is 260 g/mol. The van der Waals surface area contributed by atoms with Gasteiger partial charge in [-0.2, -0.15) is 12.6 Å². The van der Waals surface area contributed by atoms with Gasteiger partial charge < -0.3 is 5.32 Å². The first kappa shape index (κ1) is 14.4. The van der Waals surface area contributed by atoms with E-state index in [-0.39, 0.29) is 11.9 Å². The molecule has 19 heavy (non-hydrogen) atoms. The van der Waals surface area contributed by atoms with E-state index in [0.717, 1.165) is 38.5 Å². The van der Waals surface area contributed by atoms with Crippen LogP contribution < -0.4 is 5.32 Å². The van der Waals surface area contributed by atoms with Gasteiger partial charge in [0.2, 0.25) is 0 Å². The molecule has 4 nitrogen and oxygen atoms in total. The van der Waals surface area contributed by atoms with E-state index in [4.69, 9.17) is 0 Å². The van der Waals surface area contributed by atoms with Crippen molar-refractivity contribution >= 4 is 24.6 Å². The normalized spacial score (nSPS) is 23.7. The van der Waals surface area contributed by atoms with E-state index in [1.54, 1.807) is 0 Å². The molecule has 1 heterocycles. The first-order valence-corrected chi connectivity index (χ1v) is 7.73. The van der Waals surface area contributed by atoms with Gasteiger partial charge in [-0.15, -0.1) is 0 Å². The molecule has 2 fully saturated rings. The summed E-state index contributed by atoms with van der Waals surface area (Å²) in [6.07, 6.45) is 10.8. The number of carbonyl (C=O) groups is 2. The van der Waals surface area contributed by atoms with E-state index < -0.39 is 5.54 Å². The van der Waals surface area contributed by atoms with Crippen molar-refractivity contribution in [2.75, 3.05) is 12.3 Å². The van der Waals surface area contributed by atoms with Crippen LogP contribution in [-0.4, -0.2) is 34.7 Å². The van der Waals surface area contributed by atoms with E-state index in [1.165, 1.54) is 11.3 Å². The van der Waals surface area contributed by atoms with E-state index >= 15 is 0 Å². The first-order chi connectivity index (χ1) is 9.19. The van der Waals surface area contributed by atoms with Crippen LogP contribution in [-0.2, 0) is 4.79 Å². The summed E-state index contributed by atoms with van der Waals surface area (Å²) in [5.74, 6) is 0.581. The number of thiol groups is 1. The number of hydrogen-bond acceptors (Lipinski definition) is 3. The molecule has 0 atom stereocenters. The van der Waals surface area contributed by atoms with Gasteiger partial charge in [0, 0.05) is 12.3 Å². The summed E-state index contributed by atoms with van der Waals surface area (Å²) in [5.41, 5.74) is -0.619. The van der Waals surface area contributed by atoms with Gasteiger partial charge in [-0.05, 0) is 12.8 Å². The standard InChI is InChI=1S/C14H22N2O2S/c17-12-14(8-4-2-1-3-5-9-14)15-13(18)16(12)10-6-7-11-19/h6-7,19H,1-5,8-11H2,(H,15,18). The average Bonchev–Trinajstić information content (AvgIpc) is 2.59. The summed E-state index contributed by atoms with van der Waals surface area (Å²) >= 11 is 4.07. The highest BCUT2D eigenvalue weighted by molar-refractivity contribution is 7.80. The molecule has 1 saturated carbocycles. The molecule has 2 rings (SSSR count). The Balaban J connectivity index is 2.08. The predicted molar refractivity (Wildman–Crippen MR) is 78.3 cm³/mol. The second kappa shape index (κ2) is 6.46. The number of carbonyl (C=O) groups excluding carboxylic acids is 2. The molecule has 0 aromatic rings. The molecule has 1 spiro atoms. The Labute approximate surface area is 120 Å². The smallest absolute Gasteiger partial charge is 0.323 e. The largest absolute Gasteiger partial charge is 0.325 e. The minimum atomic E-state index is -0.619. The number of urea groups is 1. The zero-order valence-electron chi connectivity index (χ0n) is 11.2. The maximum atomic E-state index is 12.5. The SMILES string of the molecule is O=C1NC2(CCCCCCC2)C(=O)N1CC=CCS. The van der Waals surface area contributed by atoms with Crippen molar-refractivity contribution in [2.24, 2.45) is 0 Å². The molecule has 1 saturated heterocycles. The number of hydrogen-bond donors (Lipinski definition) is 2. The van der Waals surface area contributed by atoms with Crippen LogP contribution in [0.1, 0.15) is 44.9 Å². The van der Waals surface area contributed by atoms with Gasteiger partial charge in [-0.25, -0.2) is 4.79 Å². The highest BCUT2D eigenvalue weighted by Gasteiger charge is 2.49. The number of amides is 3. The summed E-state index contributed by atoms with van der Waals surface area (Å²) in [4.78, 5) is 25.9. The molecule has 1 aliphatic carbocycles. The first-order valence-electron chi connectivity index (χ1n) is 7.09. The minimum Gasteiger partial charge on any atom is -0.323 e. The van der Waals surface area contributed by atoms with Crippen LogP contribution in [0.5, 0.6) is 0 Å². The molecule has 2 aliphatic rings. The van der Waals surface area contributed by atoms with Crippen molar-refractivity contribution in [1.82, 2.24) is 10.2 Å². The molecule has 1 N–H and O–H groups in total. The van der Waals surface area contributed by atoms with Crippen molar-refractivity contribution < 1.29 is 9.59 Å². The Morgan fingerprint density at radius 3 is 2.37 bits per heavy atom. The summed E-state index contributed by atoms with van der Waals surface area (Å²) in [5, 5.41) is 2.95. The van der Waals surface area contributed by atoms with Gasteiger partial charge in [0.1, 0.15) is 5.54 Å². The van der Waals surface area contributed by atoms with Crippen molar-refractivity contribution in [3.8, 4) is 0 Å². The van der Waals surface area contributed by atoms with Crippen molar-refractivity contribution in [1.29, 1.82) is 0 Å². The third-order valence-corrected chi connectivity index (χ3v) is 4.22. The monoisotopic (exact) mass is 282 g/mol. The number of imide groups is 1. The Morgan fingerprint density at radius 2 is 1.74 bits per heavy atom. The summed E-state index contributed by atoms with van der Waals surface area (Å²) in [6.45, 7) is 0.354. The lowest BCUT2D eigenvalue weighted by Gasteiger charge is -2.28. The van der Waals surface area contributed by atoms with Crippen LogP contribution in [0.15, 0.2) is 12.2 Å². The van der Waals surface area contributed by atoms with E-state index in [1.807, 2.05) is 12.2 Å². The van der Waals surface area contributed by atoms with E-state index in [2.05, 4.69) is 17.9 Å². The fourth-order valence-corrected chi connectivity index (χ4v) is 3.09. The fraction of sp³-hybridized carbons (Fsp3) is 0.714. The Kier molecular flexibility index (Phi) is 4.91. The van der Waals surface area contributed by atoms with Crippen LogP contribution >= 0.6 is 12.6 Å². The minimum absolute atomic E-state index is 0.0387. The molecule has 5 heteroatoms. The third kappa shape index (κ3) is 3.14. The highest BCUT2D eigenvalue weighted by Crippen LogP contribution is 2.31. The highest BCUT2D eigenvalue weighted by atomic mass is 32.1. The summed E-state index contributed by atoms with van der Waals surface area (Å²) in [6, 6.07) is -0.241. The van der Waals surface area contributed by atoms with Crippen molar-refractivity contribution in [3.63, 3.8) is 0 Å². The summed E-state index contributed by atoms with van der Waals surface area (Å²) in [7, 11) is 0. The van der Waals surface area contributed by atoms with Gasteiger partial charge in [-0.1, -0.05) is 44.3 Å². The quantitative estimate of drug-likeness (QED) is 0.475. The second-order valence-corrected chi connectivity index (χ2v) is 5.71. The number of rotatable bonds is 3. The molecular formula is C14H22N2O2S. The zero-order chi connectivity index (χ0) is 13.7. The maximum Gasteiger partial charge on any atom is 0.325 e. The lowest BCUT2D eigenvalue weighted by Crippen LogP contribution is -2.47. The van der Waals surface area contributed by atoms with E-state index in [9.17, 15) is 9.59 Å². The third-order valence-electron chi connectivity index (χ3n) is 4.01. The molecule has 1 aliphatic heterocycles. The van der Waals surface area contributed by atoms with Crippen LogP contribution in [0.4, 0.5) is 4.79 Å². The molecule has 0 unspecified atom stereocenters. The van der Waals surface area contributed by atoms with Crippen LogP contribution in [0.3, 0.4) is 0 Å². The molecule has 0 aromatic carbocycles. The number of nitrogens with zero attached hydrogens (tertiary/aromatic N) is 1. The van der Waals surface area contributed by atoms with Gasteiger partial charge in [0.05, 0.1) is 0 Å². The lowest BCUT2D eigenvalue weighted by atomic mass is 9.84. The second-order valence-electron chi connectivity index (χ2n) is 5.35. The number of nitrogens with one attached hydrogen (secondary N) is 1. The van der Waals surface area contributed by atoms with E-state index in [0.29, 0.717) is 12.3 Å². The predicted octanol–water partition coefficient (Wildman–Crippen LogP) is 2.51. The molecule has 0 aromatic heterocycles. The Bertz CT molecular complexity index is 374. The van der Waals surface area contributed by atoms with Crippen LogP contribution in [0.25, 0.3) is 0 Å². The van der Waals surface area contributed by atoms with Gasteiger partial charge in [0.15, 0.2) is 0 Å². The molecule has 0 radical (unpaired) electrons. The Hall–Kier alpha value is -0.970. The van der Waals surface area contributed by atoms with Gasteiger partial charge in [0.25, 0.3) is 5.91 Å². The van der Waals surface area contributed by atoms with Crippen molar-refractivity contribution in [3.05, 3.63) is 12.2 Å². The van der Waals surface area contributed by atoms with Crippen molar-refractivity contribution in [2.45, 2.75) is 50.5 Å². The fourth-order valence-electron chi connectivity index (χ4n) is 2.94. The topological polar surface area (TPSA) is 49.4 Å². The van der Waals surface area contributed by atoms with Gasteiger partial charge >= 0.3 is 6.03 Å².